The van der Waals surface area contributed by atoms with Gasteiger partial charge in [0.25, 0.3) is 10.0 Å². The van der Waals surface area contributed by atoms with Crippen molar-refractivity contribution in [1.82, 2.24) is 0 Å². The number of para-hydroxylation sites is 2. The first-order chi connectivity index (χ1) is 12.0. The van der Waals surface area contributed by atoms with Crippen LogP contribution in [0.1, 0.15) is 5.56 Å². The minimum atomic E-state index is -3.80. The molecular weight excluding hydrogens is 354 g/mol. The fraction of sp³-hybridized carbons (Fsp3) is 0.0526. The third-order valence-electron chi connectivity index (χ3n) is 4.14. The first-order valence-corrected chi connectivity index (χ1v) is 10.4. The molecule has 4 nitrogen and oxygen atoms in total. The van der Waals surface area contributed by atoms with Crippen LogP contribution in [0.4, 0.5) is 11.4 Å². The molecule has 0 aromatic heterocycles. The van der Waals surface area contributed by atoms with Crippen molar-refractivity contribution in [3.8, 4) is 0 Å². The number of fused-ring (bicyclic) bond motifs is 2. The second-order valence-electron chi connectivity index (χ2n) is 5.80. The van der Waals surface area contributed by atoms with Crippen LogP contribution in [0.3, 0.4) is 0 Å². The molecule has 0 spiro atoms. The topological polar surface area (TPSA) is 57.6 Å². The Balaban J connectivity index is 1.99. The molecule has 0 fully saturated rings. The fourth-order valence-corrected chi connectivity index (χ4v) is 5.91. The first-order valence-electron chi connectivity index (χ1n) is 7.73. The third-order valence-corrected chi connectivity index (χ3v) is 7.41. The molecule has 0 atom stereocenters. The highest BCUT2D eigenvalue weighted by atomic mass is 32.2. The average Bonchev–Trinajstić information content (AvgIpc) is 2.62. The van der Waals surface area contributed by atoms with E-state index in [1.165, 1.54) is 4.31 Å². The maximum Gasteiger partial charge on any atom is 0.268 e. The van der Waals surface area contributed by atoms with Gasteiger partial charge >= 0.3 is 0 Å². The van der Waals surface area contributed by atoms with Gasteiger partial charge in [-0.2, -0.15) is 0 Å². The van der Waals surface area contributed by atoms with E-state index >= 15 is 0 Å². The fourth-order valence-electron chi connectivity index (χ4n) is 2.90. The summed E-state index contributed by atoms with van der Waals surface area (Å²) in [5, 5.41) is 0. The summed E-state index contributed by atoms with van der Waals surface area (Å²) in [7, 11) is -3.80. The Hall–Kier alpha value is -2.28. The molecule has 0 bridgehead atoms. The van der Waals surface area contributed by atoms with E-state index in [-0.39, 0.29) is 4.90 Å². The summed E-state index contributed by atoms with van der Waals surface area (Å²) < 4.78 is 38.8. The number of hydrogen-bond acceptors (Lipinski definition) is 3. The van der Waals surface area contributed by atoms with E-state index in [9.17, 15) is 13.0 Å². The van der Waals surface area contributed by atoms with Crippen LogP contribution in [0, 0.1) is 6.92 Å². The van der Waals surface area contributed by atoms with Gasteiger partial charge in [0.15, 0.2) is 0 Å². The zero-order valence-electron chi connectivity index (χ0n) is 13.5. The van der Waals surface area contributed by atoms with E-state index in [0.29, 0.717) is 21.2 Å². The van der Waals surface area contributed by atoms with Crippen molar-refractivity contribution in [2.75, 3.05) is 4.31 Å². The maximum absolute atomic E-state index is 13.4. The molecule has 0 aliphatic carbocycles. The number of anilines is 2. The van der Waals surface area contributed by atoms with Crippen LogP contribution in [0.25, 0.3) is 0 Å². The minimum absolute atomic E-state index is 0.224. The van der Waals surface area contributed by atoms with Crippen molar-refractivity contribution < 1.29 is 13.0 Å². The lowest BCUT2D eigenvalue weighted by molar-refractivity contribution is 0.595. The molecule has 0 amide bonds. The lowest BCUT2D eigenvalue weighted by Crippen LogP contribution is -2.29. The minimum Gasteiger partial charge on any atom is -0.332 e. The Morgan fingerprint density at radius 3 is 1.80 bits per heavy atom. The number of nitrogens with zero attached hydrogens (tertiary/aromatic N) is 1. The lowest BCUT2D eigenvalue weighted by atomic mass is 10.2. The van der Waals surface area contributed by atoms with Gasteiger partial charge in [-0.05, 0) is 54.5 Å². The molecule has 0 saturated heterocycles. The lowest BCUT2D eigenvalue weighted by Gasteiger charge is -2.34. The predicted octanol–water partition coefficient (Wildman–Crippen LogP) is 5.00. The van der Waals surface area contributed by atoms with Gasteiger partial charge in [-0.15, -0.1) is 0 Å². The van der Waals surface area contributed by atoms with Crippen LogP contribution in [-0.4, -0.2) is 13.0 Å². The second-order valence-corrected chi connectivity index (χ2v) is 9.04. The number of sulfonamides is 1. The molecule has 1 aliphatic heterocycles. The van der Waals surface area contributed by atoms with Crippen LogP contribution in [0.5, 0.6) is 0 Å². The molecule has 1 aliphatic rings. The summed E-state index contributed by atoms with van der Waals surface area (Å²) in [6.07, 6.45) is 0. The van der Waals surface area contributed by atoms with E-state index in [1.807, 2.05) is 6.92 Å². The highest BCUT2D eigenvalue weighted by Crippen LogP contribution is 2.56. The molecule has 1 heterocycles. The van der Waals surface area contributed by atoms with Crippen LogP contribution >= 0.6 is 11.2 Å². The van der Waals surface area contributed by atoms with Crippen molar-refractivity contribution in [1.29, 1.82) is 0 Å². The monoisotopic (exact) mass is 370 g/mol. The molecule has 127 valence electrons. The highest BCUT2D eigenvalue weighted by molar-refractivity contribution is 8.12. The molecule has 0 saturated carbocycles. The van der Waals surface area contributed by atoms with Crippen LogP contribution in [-0.2, 0) is 10.0 Å². The molecule has 4 rings (SSSR count). The van der Waals surface area contributed by atoms with Crippen molar-refractivity contribution in [3.05, 3.63) is 78.4 Å². The number of hydrogen-bond donors (Lipinski definition) is 1. The van der Waals surface area contributed by atoms with Gasteiger partial charge in [0.2, 0.25) is 0 Å². The predicted molar refractivity (Wildman–Crippen MR) is 100 cm³/mol. The van der Waals surface area contributed by atoms with Gasteiger partial charge in [-0.1, -0.05) is 42.0 Å². The Bertz CT molecular complexity index is 999. The zero-order chi connectivity index (χ0) is 17.6. The molecule has 0 unspecified atom stereocenters. The first kappa shape index (κ1) is 16.2. The Kier molecular flexibility index (Phi) is 3.83. The van der Waals surface area contributed by atoms with Crippen molar-refractivity contribution >= 4 is 32.6 Å². The van der Waals surface area contributed by atoms with Gasteiger partial charge in [0.1, 0.15) is 0 Å². The molecular formula is C19H16NO3S2. The Morgan fingerprint density at radius 2 is 1.28 bits per heavy atom. The van der Waals surface area contributed by atoms with Gasteiger partial charge in [0, 0.05) is 0 Å². The average molecular weight is 370 g/mol. The quantitative estimate of drug-likeness (QED) is 0.691. The van der Waals surface area contributed by atoms with Crippen LogP contribution < -0.4 is 4.31 Å². The molecule has 25 heavy (non-hydrogen) atoms. The largest absolute Gasteiger partial charge is 0.332 e. The van der Waals surface area contributed by atoms with E-state index in [0.717, 1.165) is 5.56 Å². The SMILES string of the molecule is Cc1ccc(S(=O)(=O)N2c3ccccc3[S](O)c3ccccc32)cc1. The van der Waals surface area contributed by atoms with E-state index in [4.69, 9.17) is 0 Å². The standard InChI is InChI=1S/C19H16NO3S2/c1-14-10-12-15(13-11-14)25(22,23)20-16-6-2-4-8-18(16)24(21)19-9-5-3-7-17(19)20/h2-13,21H,1H3. The maximum atomic E-state index is 13.4. The van der Waals surface area contributed by atoms with Crippen molar-refractivity contribution in [2.24, 2.45) is 0 Å². The smallest absolute Gasteiger partial charge is 0.268 e. The zero-order valence-corrected chi connectivity index (χ0v) is 15.1. The summed E-state index contributed by atoms with van der Waals surface area (Å²) in [5.41, 5.74) is 1.98. The van der Waals surface area contributed by atoms with E-state index in [2.05, 4.69) is 0 Å². The van der Waals surface area contributed by atoms with E-state index < -0.39 is 21.2 Å². The Labute approximate surface area is 150 Å². The van der Waals surface area contributed by atoms with Gasteiger partial charge < -0.3 is 4.55 Å². The third kappa shape index (κ3) is 2.54. The van der Waals surface area contributed by atoms with Crippen LogP contribution in [0.2, 0.25) is 0 Å². The summed E-state index contributed by atoms with van der Waals surface area (Å²) in [5.74, 6) is 0. The van der Waals surface area contributed by atoms with Gasteiger partial charge in [-0.3, -0.25) is 0 Å². The van der Waals surface area contributed by atoms with Crippen molar-refractivity contribution in [3.63, 3.8) is 0 Å². The molecule has 3 aromatic rings. The summed E-state index contributed by atoms with van der Waals surface area (Å²) in [4.78, 5) is 1.44. The normalized spacial score (nSPS) is 14.1. The highest BCUT2D eigenvalue weighted by Gasteiger charge is 2.36. The summed E-state index contributed by atoms with van der Waals surface area (Å²) >= 11 is -1.16. The van der Waals surface area contributed by atoms with Crippen LogP contribution in [0.15, 0.2) is 87.5 Å². The van der Waals surface area contributed by atoms with Crippen molar-refractivity contribution in [2.45, 2.75) is 21.6 Å². The number of benzene rings is 3. The molecule has 1 N–H and O–H groups in total. The number of rotatable bonds is 2. The molecule has 1 radical (unpaired) electrons. The summed E-state index contributed by atoms with van der Waals surface area (Å²) in [6.45, 7) is 1.92. The number of aryl methyl sites for hydroxylation is 1. The van der Waals surface area contributed by atoms with Gasteiger partial charge in [0.05, 0.1) is 26.1 Å². The molecule has 3 aromatic carbocycles. The van der Waals surface area contributed by atoms with Gasteiger partial charge in [-0.25, -0.2) is 12.7 Å². The second kappa shape index (κ2) is 5.91. The van der Waals surface area contributed by atoms with E-state index in [1.54, 1.807) is 72.8 Å². The molecule has 6 heteroatoms. The Morgan fingerprint density at radius 1 is 0.800 bits per heavy atom. The summed E-state index contributed by atoms with van der Waals surface area (Å²) in [6, 6.07) is 21.0.